The fourth-order valence-electron chi connectivity index (χ4n) is 2.73. The van der Waals surface area contributed by atoms with Crippen molar-refractivity contribution >= 4 is 16.9 Å². The number of carbonyl (C=O) groups excluding carboxylic acids is 1. The van der Waals surface area contributed by atoms with Crippen LogP contribution < -0.4 is 0 Å². The van der Waals surface area contributed by atoms with Crippen LogP contribution in [0.5, 0.6) is 0 Å². The third-order valence-electron chi connectivity index (χ3n) is 4.11. The molecule has 0 saturated heterocycles. The zero-order valence-electron chi connectivity index (χ0n) is 14.4. The van der Waals surface area contributed by atoms with Crippen molar-refractivity contribution in [3.05, 3.63) is 36.0 Å². The van der Waals surface area contributed by atoms with Crippen LogP contribution >= 0.6 is 0 Å². The molecule has 0 amide bonds. The third-order valence-corrected chi connectivity index (χ3v) is 4.11. The molecule has 0 bridgehead atoms. The van der Waals surface area contributed by atoms with Crippen molar-refractivity contribution in [2.24, 2.45) is 5.92 Å². The first-order chi connectivity index (χ1) is 11.6. The van der Waals surface area contributed by atoms with Crippen molar-refractivity contribution in [3.63, 3.8) is 0 Å². The number of aliphatic hydroxyl groups is 1. The number of esters is 1. The smallest absolute Gasteiger partial charge is 0.432 e. The van der Waals surface area contributed by atoms with Gasteiger partial charge in [0.1, 0.15) is 0 Å². The Balaban J connectivity index is 2.66. The lowest BCUT2D eigenvalue weighted by Crippen LogP contribution is -2.50. The number of halogens is 3. The maximum atomic E-state index is 13.7. The third kappa shape index (κ3) is 3.51. The van der Waals surface area contributed by atoms with Gasteiger partial charge in [0, 0.05) is 29.2 Å². The highest BCUT2D eigenvalue weighted by Crippen LogP contribution is 2.43. The van der Waals surface area contributed by atoms with Gasteiger partial charge in [-0.05, 0) is 25.3 Å². The Bertz CT molecular complexity index is 752. The van der Waals surface area contributed by atoms with Gasteiger partial charge in [-0.2, -0.15) is 13.2 Å². The molecule has 1 aromatic heterocycles. The van der Waals surface area contributed by atoms with E-state index in [1.165, 1.54) is 19.2 Å². The SMILES string of the molecule is CCOC(=O)C(O)(c1cn(CCC(C)C)c2ccccc12)C(F)(F)F. The van der Waals surface area contributed by atoms with Gasteiger partial charge in [-0.1, -0.05) is 32.0 Å². The summed E-state index contributed by atoms with van der Waals surface area (Å²) in [5, 5.41) is 10.6. The van der Waals surface area contributed by atoms with Crippen LogP contribution in [0.3, 0.4) is 0 Å². The summed E-state index contributed by atoms with van der Waals surface area (Å²) in [6.45, 7) is 5.63. The summed E-state index contributed by atoms with van der Waals surface area (Å²) < 4.78 is 47.1. The monoisotopic (exact) mass is 357 g/mol. The Morgan fingerprint density at radius 3 is 2.48 bits per heavy atom. The van der Waals surface area contributed by atoms with Crippen LogP contribution in [-0.4, -0.2) is 28.4 Å². The molecule has 0 aliphatic rings. The minimum Gasteiger partial charge on any atom is -0.463 e. The highest BCUT2D eigenvalue weighted by atomic mass is 19.4. The van der Waals surface area contributed by atoms with E-state index >= 15 is 0 Å². The Morgan fingerprint density at radius 1 is 1.28 bits per heavy atom. The normalized spacial score (nSPS) is 14.7. The van der Waals surface area contributed by atoms with Crippen molar-refractivity contribution in [1.29, 1.82) is 0 Å². The predicted molar refractivity (Wildman–Crippen MR) is 88.0 cm³/mol. The van der Waals surface area contributed by atoms with Crippen LogP contribution in [0.15, 0.2) is 30.5 Å². The number of nitrogens with zero attached hydrogens (tertiary/aromatic N) is 1. The molecule has 0 aliphatic heterocycles. The highest BCUT2D eigenvalue weighted by molar-refractivity contribution is 5.92. The molecule has 2 rings (SSSR count). The zero-order valence-corrected chi connectivity index (χ0v) is 14.4. The number of carbonyl (C=O) groups is 1. The lowest BCUT2D eigenvalue weighted by Gasteiger charge is -2.27. The van der Waals surface area contributed by atoms with Crippen LogP contribution in [-0.2, 0) is 21.7 Å². The first-order valence-electron chi connectivity index (χ1n) is 8.17. The van der Waals surface area contributed by atoms with Gasteiger partial charge in [0.2, 0.25) is 0 Å². The molecule has 1 N–H and O–H groups in total. The Morgan fingerprint density at radius 2 is 1.92 bits per heavy atom. The summed E-state index contributed by atoms with van der Waals surface area (Å²) in [6.07, 6.45) is -3.24. The number of alkyl halides is 3. The van der Waals surface area contributed by atoms with E-state index in [-0.39, 0.29) is 12.0 Å². The van der Waals surface area contributed by atoms with E-state index in [0.29, 0.717) is 18.0 Å². The Hall–Kier alpha value is -2.02. The average molecular weight is 357 g/mol. The highest BCUT2D eigenvalue weighted by Gasteiger charge is 2.63. The largest absolute Gasteiger partial charge is 0.463 e. The van der Waals surface area contributed by atoms with Crippen molar-refractivity contribution in [2.45, 2.75) is 45.5 Å². The summed E-state index contributed by atoms with van der Waals surface area (Å²) in [5.74, 6) is -1.36. The first-order valence-corrected chi connectivity index (χ1v) is 8.17. The van der Waals surface area contributed by atoms with Crippen molar-refractivity contribution < 1.29 is 27.8 Å². The van der Waals surface area contributed by atoms with E-state index in [4.69, 9.17) is 0 Å². The van der Waals surface area contributed by atoms with Gasteiger partial charge >= 0.3 is 12.1 Å². The van der Waals surface area contributed by atoms with Gasteiger partial charge in [-0.3, -0.25) is 0 Å². The van der Waals surface area contributed by atoms with Gasteiger partial charge in [0.15, 0.2) is 0 Å². The second-order valence-electron chi connectivity index (χ2n) is 6.36. The number of hydrogen-bond donors (Lipinski definition) is 1. The van der Waals surface area contributed by atoms with E-state index in [9.17, 15) is 23.1 Å². The molecule has 1 aromatic carbocycles. The van der Waals surface area contributed by atoms with E-state index < -0.39 is 23.3 Å². The number of rotatable bonds is 6. The number of ether oxygens (including phenoxy) is 1. The fraction of sp³-hybridized carbons (Fsp3) is 0.500. The Labute approximate surface area is 144 Å². The topological polar surface area (TPSA) is 51.5 Å². The molecular weight excluding hydrogens is 335 g/mol. The van der Waals surface area contributed by atoms with Crippen molar-refractivity contribution in [2.75, 3.05) is 6.61 Å². The molecule has 0 spiro atoms. The molecule has 1 atom stereocenters. The molecule has 4 nitrogen and oxygen atoms in total. The standard InChI is InChI=1S/C18H22F3NO3/c1-4-25-16(23)17(24,18(19,20)21)14-11-22(10-9-12(2)3)15-8-6-5-7-13(14)15/h5-8,11-12,24H,4,9-10H2,1-3H3. The first kappa shape index (κ1) is 19.3. The van der Waals surface area contributed by atoms with Gasteiger partial charge in [-0.25, -0.2) is 4.79 Å². The number of aromatic nitrogens is 1. The maximum absolute atomic E-state index is 13.7. The molecule has 0 radical (unpaired) electrons. The molecule has 138 valence electrons. The summed E-state index contributed by atoms with van der Waals surface area (Å²) in [7, 11) is 0. The predicted octanol–water partition coefficient (Wildman–Crippen LogP) is 4.00. The quantitative estimate of drug-likeness (QED) is 0.795. The number of fused-ring (bicyclic) bond motifs is 1. The van der Waals surface area contributed by atoms with Crippen LogP contribution in [0, 0.1) is 5.92 Å². The molecular formula is C18H22F3NO3. The van der Waals surface area contributed by atoms with Gasteiger partial charge < -0.3 is 14.4 Å². The number of para-hydroxylation sites is 1. The van der Waals surface area contributed by atoms with Gasteiger partial charge in [0.25, 0.3) is 5.60 Å². The van der Waals surface area contributed by atoms with Crippen LogP contribution in [0.4, 0.5) is 13.2 Å². The van der Waals surface area contributed by atoms with E-state index in [0.717, 1.165) is 6.42 Å². The van der Waals surface area contributed by atoms with Crippen LogP contribution in [0.2, 0.25) is 0 Å². The van der Waals surface area contributed by atoms with Crippen molar-refractivity contribution in [3.8, 4) is 0 Å². The minimum atomic E-state index is -5.20. The van der Waals surface area contributed by atoms with Gasteiger partial charge in [-0.15, -0.1) is 0 Å². The molecule has 1 unspecified atom stereocenters. The number of aryl methyl sites for hydroxylation is 1. The number of benzene rings is 1. The van der Waals surface area contributed by atoms with E-state index in [1.54, 1.807) is 22.8 Å². The second kappa shape index (κ2) is 7.07. The summed E-state index contributed by atoms with van der Waals surface area (Å²) in [4.78, 5) is 12.0. The molecule has 0 fully saturated rings. The lowest BCUT2D eigenvalue weighted by molar-refractivity contribution is -0.267. The zero-order chi connectivity index (χ0) is 18.8. The van der Waals surface area contributed by atoms with E-state index in [1.807, 2.05) is 13.8 Å². The summed E-state index contributed by atoms with van der Waals surface area (Å²) >= 11 is 0. The van der Waals surface area contributed by atoms with Crippen LogP contribution in [0.1, 0.15) is 32.8 Å². The molecule has 1 heterocycles. The summed E-state index contributed by atoms with van der Waals surface area (Å²) in [6, 6.07) is 6.41. The molecule has 7 heteroatoms. The second-order valence-corrected chi connectivity index (χ2v) is 6.36. The maximum Gasteiger partial charge on any atom is 0.432 e. The van der Waals surface area contributed by atoms with E-state index in [2.05, 4.69) is 4.74 Å². The average Bonchev–Trinajstić information content (AvgIpc) is 2.90. The van der Waals surface area contributed by atoms with Gasteiger partial charge in [0.05, 0.1) is 6.61 Å². The van der Waals surface area contributed by atoms with Crippen LogP contribution in [0.25, 0.3) is 10.9 Å². The molecule has 0 aliphatic carbocycles. The fourth-order valence-corrected chi connectivity index (χ4v) is 2.73. The number of hydrogen-bond acceptors (Lipinski definition) is 3. The Kier molecular flexibility index (Phi) is 5.46. The molecule has 2 aromatic rings. The lowest BCUT2D eigenvalue weighted by atomic mass is 9.92. The summed E-state index contributed by atoms with van der Waals surface area (Å²) in [5.41, 5.74) is -3.67. The van der Waals surface area contributed by atoms with Crippen molar-refractivity contribution in [1.82, 2.24) is 4.57 Å². The molecule has 0 saturated carbocycles. The molecule has 25 heavy (non-hydrogen) atoms. The minimum absolute atomic E-state index is 0.180.